The van der Waals surface area contributed by atoms with E-state index in [4.69, 9.17) is 14.2 Å². The highest BCUT2D eigenvalue weighted by Crippen LogP contribution is 2.33. The molecule has 1 N–H and O–H groups in total. The SMILES string of the molecule is C/C=C/[C@H]1O[C@@H]([C@H]2COC(C)(C)O2)C[C@@H](O)[C@H]1C. The summed E-state index contributed by atoms with van der Waals surface area (Å²) in [6.45, 7) is 8.31. The molecule has 2 fully saturated rings. The average molecular weight is 256 g/mol. The lowest BCUT2D eigenvalue weighted by atomic mass is 9.88. The number of aliphatic hydroxyl groups excluding tert-OH is 1. The highest BCUT2D eigenvalue weighted by Gasteiger charge is 2.43. The van der Waals surface area contributed by atoms with E-state index >= 15 is 0 Å². The second kappa shape index (κ2) is 5.29. The van der Waals surface area contributed by atoms with Crippen LogP contribution in [0, 0.1) is 5.92 Å². The standard InChI is InChI=1S/C14H24O4/c1-5-6-11-9(2)10(15)7-12(17-11)13-8-16-14(3,4)18-13/h5-6,9-13,15H,7-8H2,1-4H3/b6-5+/t9-,10-,11-,12-,13-/m1/s1. The Balaban J connectivity index is 2.02. The first kappa shape index (κ1) is 14.0. The minimum atomic E-state index is -0.544. The quantitative estimate of drug-likeness (QED) is 0.766. The summed E-state index contributed by atoms with van der Waals surface area (Å²) in [5.41, 5.74) is 0. The van der Waals surface area contributed by atoms with Crippen molar-refractivity contribution >= 4 is 0 Å². The molecule has 0 aromatic rings. The zero-order chi connectivity index (χ0) is 13.3. The largest absolute Gasteiger partial charge is 0.393 e. The molecule has 0 bridgehead atoms. The summed E-state index contributed by atoms with van der Waals surface area (Å²) >= 11 is 0. The maximum Gasteiger partial charge on any atom is 0.163 e. The summed E-state index contributed by atoms with van der Waals surface area (Å²) in [4.78, 5) is 0. The van der Waals surface area contributed by atoms with Crippen molar-refractivity contribution in [3.05, 3.63) is 12.2 Å². The van der Waals surface area contributed by atoms with E-state index in [9.17, 15) is 5.11 Å². The predicted molar refractivity (Wildman–Crippen MR) is 68.2 cm³/mol. The lowest BCUT2D eigenvalue weighted by Crippen LogP contribution is -2.47. The molecule has 2 aliphatic heterocycles. The Morgan fingerprint density at radius 3 is 2.56 bits per heavy atom. The molecule has 0 aromatic heterocycles. The van der Waals surface area contributed by atoms with E-state index in [-0.39, 0.29) is 30.3 Å². The Hall–Kier alpha value is -0.420. The van der Waals surface area contributed by atoms with Crippen LogP contribution in [0.2, 0.25) is 0 Å². The summed E-state index contributed by atoms with van der Waals surface area (Å²) in [6.07, 6.45) is 3.99. The lowest BCUT2D eigenvalue weighted by Gasteiger charge is -2.39. The van der Waals surface area contributed by atoms with Gasteiger partial charge in [-0.2, -0.15) is 0 Å². The zero-order valence-electron chi connectivity index (χ0n) is 11.6. The molecule has 2 aliphatic rings. The Labute approximate surface area is 109 Å². The Morgan fingerprint density at radius 2 is 2.00 bits per heavy atom. The van der Waals surface area contributed by atoms with Gasteiger partial charge in [-0.3, -0.25) is 0 Å². The third-order valence-corrected chi connectivity index (χ3v) is 3.76. The van der Waals surface area contributed by atoms with E-state index in [0.717, 1.165) is 0 Å². The first-order chi connectivity index (χ1) is 8.43. The van der Waals surface area contributed by atoms with Crippen LogP contribution in [0.25, 0.3) is 0 Å². The molecule has 2 heterocycles. The average Bonchev–Trinajstić information content (AvgIpc) is 2.65. The maximum absolute atomic E-state index is 10.1. The first-order valence-corrected chi connectivity index (χ1v) is 6.71. The molecule has 4 nitrogen and oxygen atoms in total. The number of ether oxygens (including phenoxy) is 3. The van der Waals surface area contributed by atoms with Crippen molar-refractivity contribution in [1.82, 2.24) is 0 Å². The van der Waals surface area contributed by atoms with Crippen molar-refractivity contribution in [3.63, 3.8) is 0 Å². The first-order valence-electron chi connectivity index (χ1n) is 6.71. The molecule has 4 heteroatoms. The van der Waals surface area contributed by atoms with Crippen molar-refractivity contribution in [2.45, 2.75) is 64.3 Å². The molecule has 0 radical (unpaired) electrons. The fourth-order valence-corrected chi connectivity index (χ4v) is 2.60. The van der Waals surface area contributed by atoms with Gasteiger partial charge in [0, 0.05) is 12.3 Å². The number of hydrogen-bond acceptors (Lipinski definition) is 4. The van der Waals surface area contributed by atoms with Crippen molar-refractivity contribution in [2.24, 2.45) is 5.92 Å². The van der Waals surface area contributed by atoms with E-state index in [1.165, 1.54) is 0 Å². The zero-order valence-corrected chi connectivity index (χ0v) is 11.6. The van der Waals surface area contributed by atoms with Crippen LogP contribution in [0.1, 0.15) is 34.1 Å². The van der Waals surface area contributed by atoms with Crippen LogP contribution in [0.4, 0.5) is 0 Å². The molecule has 0 unspecified atom stereocenters. The van der Waals surface area contributed by atoms with Gasteiger partial charge >= 0.3 is 0 Å². The molecule has 2 rings (SSSR count). The summed E-state index contributed by atoms with van der Waals surface area (Å²) in [5, 5.41) is 10.1. The van der Waals surface area contributed by atoms with Gasteiger partial charge in [0.05, 0.1) is 24.9 Å². The Morgan fingerprint density at radius 1 is 1.28 bits per heavy atom. The normalized spacial score (nSPS) is 44.6. The van der Waals surface area contributed by atoms with Crippen molar-refractivity contribution in [3.8, 4) is 0 Å². The smallest absolute Gasteiger partial charge is 0.163 e. The molecule has 0 aliphatic carbocycles. The molecule has 0 spiro atoms. The van der Waals surface area contributed by atoms with E-state index < -0.39 is 5.79 Å². The Kier molecular flexibility index (Phi) is 4.11. The van der Waals surface area contributed by atoms with Gasteiger partial charge in [0.1, 0.15) is 6.10 Å². The van der Waals surface area contributed by atoms with E-state index in [1.54, 1.807) is 0 Å². The van der Waals surface area contributed by atoms with Crippen LogP contribution >= 0.6 is 0 Å². The summed E-state index contributed by atoms with van der Waals surface area (Å²) in [5.74, 6) is -0.425. The van der Waals surface area contributed by atoms with E-state index in [1.807, 2.05) is 39.8 Å². The van der Waals surface area contributed by atoms with Crippen LogP contribution in [-0.2, 0) is 14.2 Å². The molecule has 0 amide bonds. The second-order valence-electron chi connectivity index (χ2n) is 5.69. The molecule has 2 saturated heterocycles. The van der Waals surface area contributed by atoms with Crippen LogP contribution in [0.5, 0.6) is 0 Å². The van der Waals surface area contributed by atoms with Gasteiger partial charge in [0.25, 0.3) is 0 Å². The van der Waals surface area contributed by atoms with Crippen molar-refractivity contribution < 1.29 is 19.3 Å². The van der Waals surface area contributed by atoms with E-state index in [2.05, 4.69) is 0 Å². The van der Waals surface area contributed by atoms with Gasteiger partial charge in [0.2, 0.25) is 0 Å². The minimum Gasteiger partial charge on any atom is -0.393 e. The lowest BCUT2D eigenvalue weighted by molar-refractivity contribution is -0.184. The number of hydrogen-bond donors (Lipinski definition) is 1. The van der Waals surface area contributed by atoms with Gasteiger partial charge in [-0.05, 0) is 20.8 Å². The third-order valence-electron chi connectivity index (χ3n) is 3.76. The van der Waals surface area contributed by atoms with Gasteiger partial charge in [0.15, 0.2) is 5.79 Å². The van der Waals surface area contributed by atoms with Crippen LogP contribution < -0.4 is 0 Å². The predicted octanol–water partition coefficient (Wildman–Crippen LogP) is 1.87. The van der Waals surface area contributed by atoms with Gasteiger partial charge < -0.3 is 19.3 Å². The fraction of sp³-hybridized carbons (Fsp3) is 0.857. The van der Waals surface area contributed by atoms with Gasteiger partial charge in [-0.15, -0.1) is 0 Å². The summed E-state index contributed by atoms with van der Waals surface area (Å²) < 4.78 is 17.4. The highest BCUT2D eigenvalue weighted by molar-refractivity contribution is 4.98. The number of rotatable bonds is 2. The molecule has 18 heavy (non-hydrogen) atoms. The summed E-state index contributed by atoms with van der Waals surface area (Å²) in [6, 6.07) is 0. The monoisotopic (exact) mass is 256 g/mol. The van der Waals surface area contributed by atoms with Crippen LogP contribution in [-0.4, -0.2) is 41.9 Å². The number of aliphatic hydroxyl groups is 1. The van der Waals surface area contributed by atoms with Crippen LogP contribution in [0.15, 0.2) is 12.2 Å². The van der Waals surface area contributed by atoms with Crippen LogP contribution in [0.3, 0.4) is 0 Å². The molecular formula is C14H24O4. The van der Waals surface area contributed by atoms with Gasteiger partial charge in [-0.25, -0.2) is 0 Å². The van der Waals surface area contributed by atoms with Crippen molar-refractivity contribution in [2.75, 3.05) is 6.61 Å². The fourth-order valence-electron chi connectivity index (χ4n) is 2.60. The number of allylic oxidation sites excluding steroid dienone is 1. The second-order valence-corrected chi connectivity index (χ2v) is 5.69. The van der Waals surface area contributed by atoms with Crippen molar-refractivity contribution in [1.29, 1.82) is 0 Å². The highest BCUT2D eigenvalue weighted by atomic mass is 16.7. The van der Waals surface area contributed by atoms with E-state index in [0.29, 0.717) is 13.0 Å². The van der Waals surface area contributed by atoms with Gasteiger partial charge in [-0.1, -0.05) is 19.1 Å². The molecule has 0 aromatic carbocycles. The molecule has 5 atom stereocenters. The molecular weight excluding hydrogens is 232 g/mol. The molecule has 0 saturated carbocycles. The molecule has 104 valence electrons. The topological polar surface area (TPSA) is 47.9 Å². The Bertz CT molecular complexity index is 313. The maximum atomic E-state index is 10.1. The summed E-state index contributed by atoms with van der Waals surface area (Å²) in [7, 11) is 0. The minimum absolute atomic E-state index is 0.0453. The third kappa shape index (κ3) is 2.94.